The molecule has 0 unspecified atom stereocenters. The molecule has 3 rings (SSSR count). The number of likely N-dealkylation sites (tertiary alicyclic amines) is 1. The summed E-state index contributed by atoms with van der Waals surface area (Å²) in [5.74, 6) is 0. The minimum absolute atomic E-state index is 0.770. The van der Waals surface area contributed by atoms with Gasteiger partial charge in [0.05, 0.1) is 0 Å². The van der Waals surface area contributed by atoms with E-state index in [1.807, 2.05) is 0 Å². The van der Waals surface area contributed by atoms with Gasteiger partial charge >= 0.3 is 0 Å². The Morgan fingerprint density at radius 1 is 1.16 bits per heavy atom. The molecular weight excluding hydrogens is 234 g/mol. The smallest absolute Gasteiger partial charge is 0.0380 e. The van der Waals surface area contributed by atoms with Crippen LogP contribution in [0.5, 0.6) is 0 Å². The molecule has 104 valence electrons. The Kier molecular flexibility index (Phi) is 3.50. The summed E-state index contributed by atoms with van der Waals surface area (Å²) < 4.78 is 0. The van der Waals surface area contributed by atoms with Crippen LogP contribution < -0.4 is 5.73 Å². The third-order valence-corrected chi connectivity index (χ3v) is 4.90. The van der Waals surface area contributed by atoms with Crippen molar-refractivity contribution >= 4 is 5.69 Å². The first-order valence-corrected chi connectivity index (χ1v) is 7.44. The van der Waals surface area contributed by atoms with E-state index in [9.17, 15) is 0 Å². The van der Waals surface area contributed by atoms with Gasteiger partial charge in [-0.15, -0.1) is 0 Å². The predicted octanol–water partition coefficient (Wildman–Crippen LogP) is 2.03. The Balaban J connectivity index is 1.74. The molecule has 19 heavy (non-hydrogen) atoms. The lowest BCUT2D eigenvalue weighted by Crippen LogP contribution is -2.45. The fourth-order valence-electron chi connectivity index (χ4n) is 3.50. The lowest BCUT2D eigenvalue weighted by atomic mass is 9.93. The van der Waals surface area contributed by atoms with E-state index in [0.717, 1.165) is 24.7 Å². The minimum Gasteiger partial charge on any atom is -0.398 e. The fraction of sp³-hybridized carbons (Fsp3) is 0.625. The molecular formula is C16H25N3. The summed E-state index contributed by atoms with van der Waals surface area (Å²) in [5.41, 5.74) is 11.3. The zero-order valence-electron chi connectivity index (χ0n) is 12.2. The Hall–Kier alpha value is -1.06. The van der Waals surface area contributed by atoms with Crippen LogP contribution in [0.1, 0.15) is 29.5 Å². The van der Waals surface area contributed by atoms with Crippen molar-refractivity contribution in [1.29, 1.82) is 0 Å². The van der Waals surface area contributed by atoms with Gasteiger partial charge in [-0.05, 0) is 63.0 Å². The van der Waals surface area contributed by atoms with Crippen molar-refractivity contribution < 1.29 is 0 Å². The molecule has 2 aliphatic heterocycles. The topological polar surface area (TPSA) is 32.5 Å². The quantitative estimate of drug-likeness (QED) is 0.783. The standard InChI is InChI=1S/C16H25N3/c1-12-3-4-13-11-19(10-7-15(13)16(12)17)14-5-8-18(2)9-6-14/h3-4,14H,5-11,17H2,1-2H3. The highest BCUT2D eigenvalue weighted by molar-refractivity contribution is 5.57. The molecule has 0 radical (unpaired) electrons. The van der Waals surface area contributed by atoms with Crippen LogP contribution in [0, 0.1) is 6.92 Å². The maximum absolute atomic E-state index is 6.22. The summed E-state index contributed by atoms with van der Waals surface area (Å²) in [6, 6.07) is 5.22. The van der Waals surface area contributed by atoms with E-state index < -0.39 is 0 Å². The van der Waals surface area contributed by atoms with E-state index in [1.165, 1.54) is 49.2 Å². The molecule has 2 aliphatic rings. The first-order chi connectivity index (χ1) is 9.15. The van der Waals surface area contributed by atoms with Gasteiger partial charge in [-0.1, -0.05) is 12.1 Å². The van der Waals surface area contributed by atoms with Crippen molar-refractivity contribution in [1.82, 2.24) is 9.80 Å². The number of nitrogens with two attached hydrogens (primary N) is 1. The van der Waals surface area contributed by atoms with Gasteiger partial charge in [0, 0.05) is 24.8 Å². The van der Waals surface area contributed by atoms with Gasteiger partial charge in [0.2, 0.25) is 0 Å². The highest BCUT2D eigenvalue weighted by atomic mass is 15.2. The van der Waals surface area contributed by atoms with Crippen LogP contribution in [0.15, 0.2) is 12.1 Å². The first kappa shape index (κ1) is 12.9. The normalized spacial score (nSPS) is 22.4. The largest absolute Gasteiger partial charge is 0.398 e. The van der Waals surface area contributed by atoms with E-state index >= 15 is 0 Å². The SMILES string of the molecule is Cc1ccc2c(c1N)CCN(C1CCN(C)CC1)C2. The van der Waals surface area contributed by atoms with Crippen molar-refractivity contribution in [3.05, 3.63) is 28.8 Å². The van der Waals surface area contributed by atoms with Crippen LogP contribution >= 0.6 is 0 Å². The van der Waals surface area contributed by atoms with Gasteiger partial charge in [-0.2, -0.15) is 0 Å². The number of nitrogens with zero attached hydrogens (tertiary/aromatic N) is 2. The molecule has 3 heteroatoms. The van der Waals surface area contributed by atoms with Crippen LogP contribution in [0.2, 0.25) is 0 Å². The Morgan fingerprint density at radius 3 is 2.63 bits per heavy atom. The summed E-state index contributed by atoms with van der Waals surface area (Å²) >= 11 is 0. The number of hydrogen-bond acceptors (Lipinski definition) is 3. The number of benzene rings is 1. The zero-order valence-corrected chi connectivity index (χ0v) is 12.2. The van der Waals surface area contributed by atoms with E-state index in [0.29, 0.717) is 0 Å². The van der Waals surface area contributed by atoms with Gasteiger partial charge in [0.1, 0.15) is 0 Å². The van der Waals surface area contributed by atoms with Gasteiger partial charge in [0.15, 0.2) is 0 Å². The number of rotatable bonds is 1. The van der Waals surface area contributed by atoms with Crippen molar-refractivity contribution in [2.24, 2.45) is 0 Å². The molecule has 0 aromatic heterocycles. The maximum Gasteiger partial charge on any atom is 0.0380 e. The first-order valence-electron chi connectivity index (χ1n) is 7.44. The Labute approximate surface area is 116 Å². The molecule has 0 atom stereocenters. The van der Waals surface area contributed by atoms with E-state index in [-0.39, 0.29) is 0 Å². The van der Waals surface area contributed by atoms with Crippen molar-refractivity contribution in [3.63, 3.8) is 0 Å². The van der Waals surface area contributed by atoms with Crippen LogP contribution in [-0.2, 0) is 13.0 Å². The van der Waals surface area contributed by atoms with Gasteiger partial charge in [-0.25, -0.2) is 0 Å². The molecule has 0 bridgehead atoms. The molecule has 0 spiro atoms. The molecule has 1 saturated heterocycles. The molecule has 2 heterocycles. The number of piperidine rings is 1. The fourth-order valence-corrected chi connectivity index (χ4v) is 3.50. The van der Waals surface area contributed by atoms with Gasteiger partial charge < -0.3 is 10.6 Å². The molecule has 1 aromatic rings. The van der Waals surface area contributed by atoms with Crippen LogP contribution in [0.25, 0.3) is 0 Å². The number of aryl methyl sites for hydroxylation is 1. The average molecular weight is 259 g/mol. The van der Waals surface area contributed by atoms with Crippen molar-refractivity contribution in [3.8, 4) is 0 Å². The Bertz CT molecular complexity index is 461. The van der Waals surface area contributed by atoms with E-state index in [4.69, 9.17) is 5.73 Å². The lowest BCUT2D eigenvalue weighted by molar-refractivity contribution is 0.110. The van der Waals surface area contributed by atoms with Crippen molar-refractivity contribution in [2.75, 3.05) is 32.4 Å². The molecule has 2 N–H and O–H groups in total. The molecule has 3 nitrogen and oxygen atoms in total. The van der Waals surface area contributed by atoms with Crippen molar-refractivity contribution in [2.45, 2.75) is 38.8 Å². The summed E-state index contributed by atoms with van der Waals surface area (Å²) in [7, 11) is 2.23. The number of nitrogen functional groups attached to an aromatic ring is 1. The van der Waals surface area contributed by atoms with E-state index in [1.54, 1.807) is 0 Å². The minimum atomic E-state index is 0.770. The predicted molar refractivity (Wildman–Crippen MR) is 80.2 cm³/mol. The summed E-state index contributed by atoms with van der Waals surface area (Å²) in [5, 5.41) is 0. The average Bonchev–Trinajstić information content (AvgIpc) is 2.43. The molecule has 0 aliphatic carbocycles. The van der Waals surface area contributed by atoms with E-state index in [2.05, 4.69) is 35.9 Å². The molecule has 1 aromatic carbocycles. The summed E-state index contributed by atoms with van der Waals surface area (Å²) in [4.78, 5) is 5.11. The molecule has 0 saturated carbocycles. The summed E-state index contributed by atoms with van der Waals surface area (Å²) in [6.45, 7) is 6.86. The third-order valence-electron chi connectivity index (χ3n) is 4.90. The van der Waals surface area contributed by atoms with Gasteiger partial charge in [-0.3, -0.25) is 4.90 Å². The maximum atomic E-state index is 6.22. The van der Waals surface area contributed by atoms with Gasteiger partial charge in [0.25, 0.3) is 0 Å². The number of anilines is 1. The highest BCUT2D eigenvalue weighted by Gasteiger charge is 2.27. The molecule has 0 amide bonds. The monoisotopic (exact) mass is 259 g/mol. The van der Waals surface area contributed by atoms with Crippen LogP contribution in [0.4, 0.5) is 5.69 Å². The lowest BCUT2D eigenvalue weighted by Gasteiger charge is -2.40. The van der Waals surface area contributed by atoms with Crippen LogP contribution in [0.3, 0.4) is 0 Å². The zero-order chi connectivity index (χ0) is 13.4. The van der Waals surface area contributed by atoms with Crippen LogP contribution in [-0.4, -0.2) is 42.5 Å². The molecule has 1 fully saturated rings. The third kappa shape index (κ3) is 2.49. The number of fused-ring (bicyclic) bond motifs is 1. The Morgan fingerprint density at radius 2 is 1.89 bits per heavy atom. The second-order valence-corrected chi connectivity index (χ2v) is 6.19. The highest BCUT2D eigenvalue weighted by Crippen LogP contribution is 2.29. The second kappa shape index (κ2) is 5.14. The number of hydrogen-bond donors (Lipinski definition) is 1. The second-order valence-electron chi connectivity index (χ2n) is 6.19. The summed E-state index contributed by atoms with van der Waals surface area (Å²) in [6.07, 6.45) is 3.75.